The Kier molecular flexibility index (Phi) is 5.74. The van der Waals surface area contributed by atoms with Crippen LogP contribution in [-0.4, -0.2) is 27.8 Å². The molecule has 0 aliphatic heterocycles. The van der Waals surface area contributed by atoms with Crippen LogP contribution in [0.2, 0.25) is 0 Å². The zero-order chi connectivity index (χ0) is 14.6. The summed E-state index contributed by atoms with van der Waals surface area (Å²) in [5, 5.41) is 4.49. The smallest absolute Gasteiger partial charge is 0.164 e. The topological polar surface area (TPSA) is 44.1 Å². The average molecular weight is 331 g/mol. The van der Waals surface area contributed by atoms with E-state index in [0.717, 1.165) is 28.8 Å². The van der Waals surface area contributed by atoms with Crippen LogP contribution in [0, 0.1) is 0 Å². The lowest BCUT2D eigenvalue weighted by Gasteiger charge is -2.18. The van der Waals surface area contributed by atoms with Gasteiger partial charge in [0, 0.05) is 6.54 Å². The van der Waals surface area contributed by atoms with Crippen LogP contribution < -0.4 is 0 Å². The van der Waals surface area contributed by atoms with Crippen molar-refractivity contribution in [1.82, 2.24) is 9.78 Å². The van der Waals surface area contributed by atoms with Crippen LogP contribution in [0.5, 0.6) is 0 Å². The fourth-order valence-corrected chi connectivity index (χ4v) is 2.43. The molecule has 0 N–H and O–H groups in total. The molecule has 1 aromatic rings. The summed E-state index contributed by atoms with van der Waals surface area (Å²) in [7, 11) is 0. The van der Waals surface area contributed by atoms with E-state index in [0.29, 0.717) is 6.42 Å². The predicted octanol–water partition coefficient (Wildman–Crippen LogP) is 3.15. The van der Waals surface area contributed by atoms with E-state index in [1.165, 1.54) is 0 Å². The summed E-state index contributed by atoms with van der Waals surface area (Å²) in [4.78, 5) is 12.0. The maximum atomic E-state index is 12.0. The minimum atomic E-state index is -0.285. The SMILES string of the molecule is CCc1nn(CC)c(CC(=O)COC(C)(C)C)c1Br. The minimum Gasteiger partial charge on any atom is -0.368 e. The molecule has 0 saturated carbocycles. The number of halogens is 1. The van der Waals surface area contributed by atoms with Gasteiger partial charge in [-0.1, -0.05) is 6.92 Å². The van der Waals surface area contributed by atoms with Crippen molar-refractivity contribution in [3.8, 4) is 0 Å². The number of rotatable bonds is 6. The third-order valence-corrected chi connectivity index (χ3v) is 3.64. The molecular formula is C14H23BrN2O2. The Balaban J connectivity index is 2.76. The summed E-state index contributed by atoms with van der Waals surface area (Å²) in [6, 6.07) is 0. The van der Waals surface area contributed by atoms with E-state index in [2.05, 4.69) is 28.0 Å². The highest BCUT2D eigenvalue weighted by molar-refractivity contribution is 9.10. The summed E-state index contributed by atoms with van der Waals surface area (Å²) in [5.74, 6) is 0.0767. The second kappa shape index (κ2) is 6.66. The van der Waals surface area contributed by atoms with Gasteiger partial charge in [-0.15, -0.1) is 0 Å². The van der Waals surface area contributed by atoms with Gasteiger partial charge in [-0.2, -0.15) is 5.10 Å². The molecule has 0 atom stereocenters. The molecule has 1 rings (SSSR count). The van der Waals surface area contributed by atoms with Gasteiger partial charge in [-0.05, 0) is 50.0 Å². The molecule has 0 aliphatic rings. The highest BCUT2D eigenvalue weighted by Gasteiger charge is 2.18. The van der Waals surface area contributed by atoms with Gasteiger partial charge in [-0.3, -0.25) is 9.48 Å². The molecule has 0 amide bonds. The molecule has 1 aromatic heterocycles. The van der Waals surface area contributed by atoms with Crippen molar-refractivity contribution < 1.29 is 9.53 Å². The van der Waals surface area contributed by atoms with Gasteiger partial charge in [0.1, 0.15) is 6.61 Å². The van der Waals surface area contributed by atoms with E-state index < -0.39 is 0 Å². The molecule has 0 saturated heterocycles. The first kappa shape index (κ1) is 16.4. The first-order valence-electron chi connectivity index (χ1n) is 6.68. The minimum absolute atomic E-state index is 0.0767. The van der Waals surface area contributed by atoms with Crippen molar-refractivity contribution in [2.24, 2.45) is 0 Å². The van der Waals surface area contributed by atoms with Crippen LogP contribution in [0.4, 0.5) is 0 Å². The molecule has 0 aromatic carbocycles. The van der Waals surface area contributed by atoms with Gasteiger partial charge in [-0.25, -0.2) is 0 Å². The Morgan fingerprint density at radius 2 is 2.00 bits per heavy atom. The summed E-state index contributed by atoms with van der Waals surface area (Å²) in [5.41, 5.74) is 1.66. The van der Waals surface area contributed by atoms with Crippen molar-refractivity contribution >= 4 is 21.7 Å². The lowest BCUT2D eigenvalue weighted by atomic mass is 10.1. The summed E-state index contributed by atoms with van der Waals surface area (Å²) < 4.78 is 8.36. The predicted molar refractivity (Wildman–Crippen MR) is 79.4 cm³/mol. The van der Waals surface area contributed by atoms with Gasteiger partial charge >= 0.3 is 0 Å². The van der Waals surface area contributed by atoms with E-state index in [-0.39, 0.29) is 18.0 Å². The van der Waals surface area contributed by atoms with E-state index >= 15 is 0 Å². The van der Waals surface area contributed by atoms with Crippen LogP contribution in [0.3, 0.4) is 0 Å². The third kappa shape index (κ3) is 4.73. The van der Waals surface area contributed by atoms with Crippen molar-refractivity contribution in [3.63, 3.8) is 0 Å². The van der Waals surface area contributed by atoms with Crippen LogP contribution in [0.25, 0.3) is 0 Å². The zero-order valence-electron chi connectivity index (χ0n) is 12.4. The van der Waals surface area contributed by atoms with Gasteiger partial charge in [0.2, 0.25) is 0 Å². The lowest BCUT2D eigenvalue weighted by molar-refractivity contribution is -0.127. The Morgan fingerprint density at radius 1 is 1.37 bits per heavy atom. The van der Waals surface area contributed by atoms with Crippen molar-refractivity contribution in [2.75, 3.05) is 6.61 Å². The number of carbonyl (C=O) groups is 1. The molecule has 4 nitrogen and oxygen atoms in total. The number of aromatic nitrogens is 2. The fourth-order valence-electron chi connectivity index (χ4n) is 1.72. The lowest BCUT2D eigenvalue weighted by Crippen LogP contribution is -2.25. The van der Waals surface area contributed by atoms with Crippen LogP contribution in [-0.2, 0) is 28.9 Å². The number of Topliss-reactive ketones (excluding diaryl/α,β-unsaturated/α-hetero) is 1. The molecule has 5 heteroatoms. The molecule has 0 radical (unpaired) electrons. The fraction of sp³-hybridized carbons (Fsp3) is 0.714. The van der Waals surface area contributed by atoms with E-state index in [9.17, 15) is 4.79 Å². The standard InChI is InChI=1S/C14H23BrN2O2/c1-6-11-13(15)12(17(7-2)16-11)8-10(18)9-19-14(3,4)5/h6-9H2,1-5H3. The van der Waals surface area contributed by atoms with E-state index in [1.807, 2.05) is 32.4 Å². The quantitative estimate of drug-likeness (QED) is 0.804. The van der Waals surface area contributed by atoms with Gasteiger partial charge < -0.3 is 4.74 Å². The normalized spacial score (nSPS) is 11.9. The molecule has 0 spiro atoms. The first-order chi connectivity index (χ1) is 8.78. The van der Waals surface area contributed by atoms with Crippen molar-refractivity contribution in [1.29, 1.82) is 0 Å². The summed E-state index contributed by atoms with van der Waals surface area (Å²) >= 11 is 3.55. The first-order valence-corrected chi connectivity index (χ1v) is 7.47. The van der Waals surface area contributed by atoms with Crippen molar-refractivity contribution in [2.45, 2.75) is 59.6 Å². The molecule has 0 fully saturated rings. The Bertz CT molecular complexity index is 447. The third-order valence-electron chi connectivity index (χ3n) is 2.72. The second-order valence-corrected chi connectivity index (χ2v) is 6.29. The van der Waals surface area contributed by atoms with Crippen LogP contribution >= 0.6 is 15.9 Å². The zero-order valence-corrected chi connectivity index (χ0v) is 14.0. The second-order valence-electron chi connectivity index (χ2n) is 5.49. The van der Waals surface area contributed by atoms with E-state index in [4.69, 9.17) is 4.74 Å². The number of ether oxygens (including phenoxy) is 1. The maximum absolute atomic E-state index is 12.0. The van der Waals surface area contributed by atoms with Crippen molar-refractivity contribution in [3.05, 3.63) is 15.9 Å². The number of aryl methyl sites for hydroxylation is 2. The molecule has 0 aliphatic carbocycles. The largest absolute Gasteiger partial charge is 0.368 e. The summed E-state index contributed by atoms with van der Waals surface area (Å²) in [6.45, 7) is 10.8. The van der Waals surface area contributed by atoms with Crippen LogP contribution in [0.1, 0.15) is 46.0 Å². The Morgan fingerprint density at radius 3 is 2.47 bits per heavy atom. The molecule has 1 heterocycles. The molecule has 0 unspecified atom stereocenters. The van der Waals surface area contributed by atoms with Gasteiger partial charge in [0.15, 0.2) is 5.78 Å². The monoisotopic (exact) mass is 330 g/mol. The maximum Gasteiger partial charge on any atom is 0.164 e. The molecule has 0 bridgehead atoms. The van der Waals surface area contributed by atoms with E-state index in [1.54, 1.807) is 0 Å². The average Bonchev–Trinajstić information content (AvgIpc) is 2.63. The Hall–Kier alpha value is -0.680. The number of hydrogen-bond acceptors (Lipinski definition) is 3. The molecular weight excluding hydrogens is 308 g/mol. The Labute approximate surface area is 123 Å². The number of nitrogens with zero attached hydrogens (tertiary/aromatic N) is 2. The number of ketones is 1. The summed E-state index contributed by atoms with van der Waals surface area (Å²) in [6.07, 6.45) is 1.21. The molecule has 108 valence electrons. The number of hydrogen-bond donors (Lipinski definition) is 0. The van der Waals surface area contributed by atoms with Crippen LogP contribution in [0.15, 0.2) is 4.47 Å². The highest BCUT2D eigenvalue weighted by atomic mass is 79.9. The molecule has 19 heavy (non-hydrogen) atoms. The van der Waals surface area contributed by atoms with Gasteiger partial charge in [0.05, 0.1) is 27.9 Å². The van der Waals surface area contributed by atoms with Gasteiger partial charge in [0.25, 0.3) is 0 Å². The highest BCUT2D eigenvalue weighted by Crippen LogP contribution is 2.23. The number of carbonyl (C=O) groups excluding carboxylic acids is 1.